The van der Waals surface area contributed by atoms with Crippen molar-refractivity contribution >= 4 is 23.2 Å². The highest BCUT2D eigenvalue weighted by molar-refractivity contribution is 6.29. The van der Waals surface area contributed by atoms with E-state index in [-0.39, 0.29) is 5.75 Å². The second kappa shape index (κ2) is 6.34. The smallest absolute Gasteiger partial charge is 0.257 e. The van der Waals surface area contributed by atoms with Gasteiger partial charge in [-0.05, 0) is 31.2 Å². The maximum absolute atomic E-state index is 13.6. The lowest BCUT2D eigenvalue weighted by atomic mass is 10.2. The van der Waals surface area contributed by atoms with E-state index in [0.717, 1.165) is 0 Å². The molecule has 6 heteroatoms. The summed E-state index contributed by atoms with van der Waals surface area (Å²) in [6, 6.07) is 7.28. The zero-order chi connectivity index (χ0) is 14.5. The third kappa shape index (κ3) is 3.45. The zero-order valence-corrected chi connectivity index (χ0v) is 11.4. The zero-order valence-electron chi connectivity index (χ0n) is 10.7. The first-order chi connectivity index (χ1) is 9.60. The molecule has 0 bridgehead atoms. The summed E-state index contributed by atoms with van der Waals surface area (Å²) in [5.74, 6) is -0.768. The lowest BCUT2D eigenvalue weighted by Gasteiger charge is -2.08. The normalized spacial score (nSPS) is 10.2. The quantitative estimate of drug-likeness (QED) is 0.878. The van der Waals surface area contributed by atoms with Crippen LogP contribution in [-0.4, -0.2) is 17.5 Å². The number of carbonyl (C=O) groups is 1. The van der Waals surface area contributed by atoms with Crippen LogP contribution in [0.3, 0.4) is 0 Å². The number of hydrogen-bond acceptors (Lipinski definition) is 3. The minimum absolute atomic E-state index is 0.152. The molecule has 20 heavy (non-hydrogen) atoms. The standard InChI is InChI=1S/C14H12ClFN2O2/c1-2-20-12-5-4-10(7-11(12)16)18-14(19)9-3-6-13(15)17-8-9/h3-8H,2H2,1H3,(H,18,19). The van der Waals surface area contributed by atoms with E-state index in [0.29, 0.717) is 23.0 Å². The van der Waals surface area contributed by atoms with Gasteiger partial charge in [-0.25, -0.2) is 9.37 Å². The van der Waals surface area contributed by atoms with E-state index in [2.05, 4.69) is 10.3 Å². The van der Waals surface area contributed by atoms with Gasteiger partial charge in [-0.2, -0.15) is 0 Å². The minimum atomic E-state index is -0.529. The average Bonchev–Trinajstić information content (AvgIpc) is 2.42. The summed E-state index contributed by atoms with van der Waals surface area (Å²) in [4.78, 5) is 15.7. The number of benzene rings is 1. The Morgan fingerprint density at radius 3 is 2.80 bits per heavy atom. The van der Waals surface area contributed by atoms with Crippen molar-refractivity contribution in [3.63, 3.8) is 0 Å². The molecule has 2 aromatic rings. The van der Waals surface area contributed by atoms with Gasteiger partial charge < -0.3 is 10.1 Å². The molecule has 0 atom stereocenters. The van der Waals surface area contributed by atoms with E-state index in [1.54, 1.807) is 13.0 Å². The predicted octanol–water partition coefficient (Wildman–Crippen LogP) is 3.53. The highest BCUT2D eigenvalue weighted by Crippen LogP contribution is 2.21. The first-order valence-electron chi connectivity index (χ1n) is 5.95. The summed E-state index contributed by atoms with van der Waals surface area (Å²) in [5, 5.41) is 2.87. The number of nitrogens with one attached hydrogen (secondary N) is 1. The molecule has 0 fully saturated rings. The molecule has 2 rings (SSSR count). The minimum Gasteiger partial charge on any atom is -0.491 e. The maximum Gasteiger partial charge on any atom is 0.257 e. The average molecular weight is 295 g/mol. The second-order valence-corrected chi connectivity index (χ2v) is 4.29. The molecule has 1 aromatic carbocycles. The largest absolute Gasteiger partial charge is 0.491 e. The molecule has 1 amide bonds. The third-order valence-electron chi connectivity index (χ3n) is 2.48. The number of anilines is 1. The molecular weight excluding hydrogens is 283 g/mol. The van der Waals surface area contributed by atoms with Gasteiger partial charge in [0.05, 0.1) is 12.2 Å². The van der Waals surface area contributed by atoms with Crippen LogP contribution in [0.25, 0.3) is 0 Å². The molecular formula is C14H12ClFN2O2. The van der Waals surface area contributed by atoms with Crippen LogP contribution in [0.2, 0.25) is 5.15 Å². The number of aromatic nitrogens is 1. The van der Waals surface area contributed by atoms with E-state index in [1.807, 2.05) is 0 Å². The van der Waals surface area contributed by atoms with Gasteiger partial charge in [0, 0.05) is 18.0 Å². The van der Waals surface area contributed by atoms with Crippen LogP contribution in [0.4, 0.5) is 10.1 Å². The third-order valence-corrected chi connectivity index (χ3v) is 2.70. The summed E-state index contributed by atoms with van der Waals surface area (Å²) in [6.07, 6.45) is 1.35. The van der Waals surface area contributed by atoms with Gasteiger partial charge in [-0.1, -0.05) is 11.6 Å². The molecule has 4 nitrogen and oxygen atoms in total. The Morgan fingerprint density at radius 1 is 1.40 bits per heavy atom. The summed E-state index contributed by atoms with van der Waals surface area (Å²) >= 11 is 5.64. The number of ether oxygens (including phenoxy) is 1. The van der Waals surface area contributed by atoms with Crippen LogP contribution in [-0.2, 0) is 0 Å². The monoisotopic (exact) mass is 294 g/mol. The number of pyridine rings is 1. The van der Waals surface area contributed by atoms with Gasteiger partial charge in [-0.3, -0.25) is 4.79 Å². The number of nitrogens with zero attached hydrogens (tertiary/aromatic N) is 1. The van der Waals surface area contributed by atoms with Crippen molar-refractivity contribution in [2.24, 2.45) is 0 Å². The molecule has 0 unspecified atom stereocenters. The maximum atomic E-state index is 13.6. The summed E-state index contributed by atoms with van der Waals surface area (Å²) in [5.41, 5.74) is 0.676. The first-order valence-corrected chi connectivity index (χ1v) is 6.33. The molecule has 0 saturated carbocycles. The Hall–Kier alpha value is -2.14. The van der Waals surface area contributed by atoms with Gasteiger partial charge in [0.25, 0.3) is 5.91 Å². The van der Waals surface area contributed by atoms with Crippen LogP contribution >= 0.6 is 11.6 Å². The number of carbonyl (C=O) groups excluding carboxylic acids is 1. The van der Waals surface area contributed by atoms with E-state index in [4.69, 9.17) is 16.3 Å². The fourth-order valence-electron chi connectivity index (χ4n) is 1.56. The summed E-state index contributed by atoms with van der Waals surface area (Å²) < 4.78 is 18.7. The molecule has 0 saturated heterocycles. The van der Waals surface area contributed by atoms with Crippen molar-refractivity contribution in [2.45, 2.75) is 6.92 Å². The van der Waals surface area contributed by atoms with Crippen molar-refractivity contribution < 1.29 is 13.9 Å². The van der Waals surface area contributed by atoms with Crippen LogP contribution in [0.1, 0.15) is 17.3 Å². The molecule has 0 spiro atoms. The van der Waals surface area contributed by atoms with Gasteiger partial charge in [0.15, 0.2) is 11.6 Å². The number of amides is 1. The van der Waals surface area contributed by atoms with Gasteiger partial charge >= 0.3 is 0 Å². The molecule has 1 aromatic heterocycles. The molecule has 0 aliphatic carbocycles. The SMILES string of the molecule is CCOc1ccc(NC(=O)c2ccc(Cl)nc2)cc1F. The Balaban J connectivity index is 2.11. The predicted molar refractivity (Wildman–Crippen MR) is 74.8 cm³/mol. The van der Waals surface area contributed by atoms with E-state index >= 15 is 0 Å². The molecule has 104 valence electrons. The van der Waals surface area contributed by atoms with E-state index in [1.165, 1.54) is 30.5 Å². The van der Waals surface area contributed by atoms with Crippen LogP contribution in [0, 0.1) is 5.82 Å². The molecule has 1 N–H and O–H groups in total. The Bertz CT molecular complexity index is 617. The fraction of sp³-hybridized carbons (Fsp3) is 0.143. The second-order valence-electron chi connectivity index (χ2n) is 3.90. The van der Waals surface area contributed by atoms with Crippen LogP contribution in [0.5, 0.6) is 5.75 Å². The topological polar surface area (TPSA) is 51.2 Å². The Morgan fingerprint density at radius 2 is 2.20 bits per heavy atom. The molecule has 1 heterocycles. The van der Waals surface area contributed by atoms with E-state index in [9.17, 15) is 9.18 Å². The lowest BCUT2D eigenvalue weighted by Crippen LogP contribution is -2.12. The van der Waals surface area contributed by atoms with Gasteiger partial charge in [0.2, 0.25) is 0 Å². The lowest BCUT2D eigenvalue weighted by molar-refractivity contribution is 0.102. The number of halogens is 2. The summed E-state index contributed by atoms with van der Waals surface area (Å²) in [6.45, 7) is 2.14. The Labute approximate surface area is 120 Å². The number of hydrogen-bond donors (Lipinski definition) is 1. The van der Waals surface area contributed by atoms with Crippen molar-refractivity contribution in [1.29, 1.82) is 0 Å². The molecule has 0 radical (unpaired) electrons. The molecule has 0 aliphatic heterocycles. The van der Waals surface area contributed by atoms with Crippen molar-refractivity contribution in [1.82, 2.24) is 4.98 Å². The van der Waals surface area contributed by atoms with Crippen molar-refractivity contribution in [3.8, 4) is 5.75 Å². The highest BCUT2D eigenvalue weighted by atomic mass is 35.5. The summed E-state index contributed by atoms with van der Waals surface area (Å²) in [7, 11) is 0. The van der Waals surface area contributed by atoms with Crippen molar-refractivity contribution in [3.05, 3.63) is 53.1 Å². The highest BCUT2D eigenvalue weighted by Gasteiger charge is 2.09. The van der Waals surface area contributed by atoms with Crippen molar-refractivity contribution in [2.75, 3.05) is 11.9 Å². The number of rotatable bonds is 4. The Kier molecular flexibility index (Phi) is 4.53. The van der Waals surface area contributed by atoms with Crippen LogP contribution < -0.4 is 10.1 Å². The van der Waals surface area contributed by atoms with Gasteiger partial charge in [0.1, 0.15) is 5.15 Å². The van der Waals surface area contributed by atoms with E-state index < -0.39 is 11.7 Å². The fourth-order valence-corrected chi connectivity index (χ4v) is 1.68. The van der Waals surface area contributed by atoms with Crippen LogP contribution in [0.15, 0.2) is 36.5 Å². The first kappa shape index (κ1) is 14.3. The molecule has 0 aliphatic rings. The van der Waals surface area contributed by atoms with Gasteiger partial charge in [-0.15, -0.1) is 0 Å².